The van der Waals surface area contributed by atoms with E-state index in [-0.39, 0.29) is 6.09 Å². The van der Waals surface area contributed by atoms with Crippen molar-refractivity contribution in [2.75, 3.05) is 19.7 Å². The van der Waals surface area contributed by atoms with Crippen LogP contribution in [0, 0.1) is 0 Å². The number of rotatable bonds is 7. The van der Waals surface area contributed by atoms with Crippen LogP contribution in [0.1, 0.15) is 39.2 Å². The van der Waals surface area contributed by atoms with Crippen LogP contribution in [0.4, 0.5) is 4.79 Å². The molecule has 0 N–H and O–H groups in total. The SMILES string of the molecule is C=C/C=C(\C=C/COCc1ccccc1)C1=CCN(C(=O)OC(C)(C)C)CCC1. The molecule has 0 unspecified atom stereocenters. The van der Waals surface area contributed by atoms with Crippen LogP contribution < -0.4 is 0 Å². The summed E-state index contributed by atoms with van der Waals surface area (Å²) >= 11 is 0. The number of benzene rings is 1. The molecule has 0 aliphatic carbocycles. The largest absolute Gasteiger partial charge is 0.444 e. The molecule has 0 aromatic heterocycles. The van der Waals surface area contributed by atoms with Gasteiger partial charge in [-0.15, -0.1) is 0 Å². The Kier molecular flexibility index (Phi) is 8.94. The molecule has 4 nitrogen and oxygen atoms in total. The van der Waals surface area contributed by atoms with Gasteiger partial charge in [0.1, 0.15) is 5.60 Å². The van der Waals surface area contributed by atoms with E-state index in [9.17, 15) is 4.79 Å². The molecule has 0 radical (unpaired) electrons. The molecule has 1 aromatic carbocycles. The number of hydrogen-bond acceptors (Lipinski definition) is 3. The molecule has 1 aliphatic rings. The average molecular weight is 396 g/mol. The molecule has 0 saturated carbocycles. The first-order chi connectivity index (χ1) is 13.9. The zero-order valence-electron chi connectivity index (χ0n) is 17.9. The van der Waals surface area contributed by atoms with Crippen molar-refractivity contribution in [3.05, 3.63) is 84.0 Å². The molecular weight excluding hydrogens is 362 g/mol. The highest BCUT2D eigenvalue weighted by atomic mass is 16.6. The Balaban J connectivity index is 1.92. The van der Waals surface area contributed by atoms with Crippen molar-refractivity contribution >= 4 is 6.09 Å². The highest BCUT2D eigenvalue weighted by Crippen LogP contribution is 2.22. The summed E-state index contributed by atoms with van der Waals surface area (Å²) in [5, 5.41) is 0. The van der Waals surface area contributed by atoms with Crippen LogP contribution in [-0.2, 0) is 16.1 Å². The van der Waals surface area contributed by atoms with Crippen LogP contribution >= 0.6 is 0 Å². The molecule has 0 spiro atoms. The molecule has 1 aromatic rings. The Morgan fingerprint density at radius 2 is 2.00 bits per heavy atom. The van der Waals surface area contributed by atoms with Crippen molar-refractivity contribution in [3.8, 4) is 0 Å². The van der Waals surface area contributed by atoms with Gasteiger partial charge in [0, 0.05) is 13.1 Å². The minimum atomic E-state index is -0.480. The van der Waals surface area contributed by atoms with Crippen LogP contribution in [0.15, 0.2) is 78.4 Å². The lowest BCUT2D eigenvalue weighted by atomic mass is 10.0. The second-order valence-corrected chi connectivity index (χ2v) is 8.02. The van der Waals surface area contributed by atoms with Gasteiger partial charge in [-0.25, -0.2) is 4.79 Å². The lowest BCUT2D eigenvalue weighted by Crippen LogP contribution is -2.37. The minimum Gasteiger partial charge on any atom is -0.444 e. The predicted octanol–water partition coefficient (Wildman–Crippen LogP) is 5.83. The normalized spacial score (nSPS) is 15.8. The summed E-state index contributed by atoms with van der Waals surface area (Å²) in [6.07, 6.45) is 11.6. The fourth-order valence-corrected chi connectivity index (χ4v) is 3.02. The van der Waals surface area contributed by atoms with Gasteiger partial charge in [0.05, 0.1) is 13.2 Å². The number of ether oxygens (including phenoxy) is 2. The predicted molar refractivity (Wildman–Crippen MR) is 119 cm³/mol. The standard InChI is InChI=1S/C25H33NO3/c1-5-11-22(15-10-19-28-20-21-12-7-6-8-13-21)23-14-9-17-26(18-16-23)24(27)29-25(2,3)4/h5-8,10-13,15-16H,1,9,14,17-20H2,2-4H3/b15-10-,22-11+. The molecule has 0 fully saturated rings. The number of allylic oxidation sites excluding steroid dienone is 5. The van der Waals surface area contributed by atoms with Gasteiger partial charge in [-0.2, -0.15) is 0 Å². The molecular formula is C25H33NO3. The fourth-order valence-electron chi connectivity index (χ4n) is 3.02. The highest BCUT2D eigenvalue weighted by Gasteiger charge is 2.22. The van der Waals surface area contributed by atoms with Crippen LogP contribution in [0.2, 0.25) is 0 Å². The van der Waals surface area contributed by atoms with Gasteiger partial charge in [0.25, 0.3) is 0 Å². The van der Waals surface area contributed by atoms with Gasteiger partial charge in [-0.3, -0.25) is 0 Å². The lowest BCUT2D eigenvalue weighted by molar-refractivity contribution is 0.0273. The Labute approximate surface area is 175 Å². The van der Waals surface area contributed by atoms with E-state index in [0.717, 1.165) is 24.0 Å². The second-order valence-electron chi connectivity index (χ2n) is 8.02. The summed E-state index contributed by atoms with van der Waals surface area (Å²) in [5.74, 6) is 0. The van der Waals surface area contributed by atoms with Gasteiger partial charge in [-0.1, -0.05) is 67.3 Å². The maximum Gasteiger partial charge on any atom is 0.410 e. The van der Waals surface area contributed by atoms with E-state index in [1.165, 1.54) is 5.57 Å². The molecule has 1 heterocycles. The first kappa shape index (κ1) is 22.7. The summed E-state index contributed by atoms with van der Waals surface area (Å²) in [6.45, 7) is 11.9. The van der Waals surface area contributed by atoms with E-state index < -0.39 is 5.60 Å². The number of nitrogens with zero attached hydrogens (tertiary/aromatic N) is 1. The van der Waals surface area contributed by atoms with E-state index in [0.29, 0.717) is 26.3 Å². The maximum absolute atomic E-state index is 12.3. The van der Waals surface area contributed by atoms with Crippen molar-refractivity contribution in [1.82, 2.24) is 4.90 Å². The van der Waals surface area contributed by atoms with Gasteiger partial charge in [-0.05, 0) is 50.3 Å². The van der Waals surface area contributed by atoms with Gasteiger partial charge in [0.2, 0.25) is 0 Å². The summed E-state index contributed by atoms with van der Waals surface area (Å²) in [5.41, 5.74) is 3.01. The smallest absolute Gasteiger partial charge is 0.410 e. The topological polar surface area (TPSA) is 38.8 Å². The Bertz CT molecular complexity index is 754. The number of carbonyl (C=O) groups excluding carboxylic acids is 1. The molecule has 29 heavy (non-hydrogen) atoms. The van der Waals surface area contributed by atoms with Crippen LogP contribution in [0.25, 0.3) is 0 Å². The van der Waals surface area contributed by atoms with E-state index in [4.69, 9.17) is 9.47 Å². The Morgan fingerprint density at radius 1 is 1.24 bits per heavy atom. The number of amides is 1. The van der Waals surface area contributed by atoms with Crippen LogP contribution in [0.5, 0.6) is 0 Å². The molecule has 0 bridgehead atoms. The van der Waals surface area contributed by atoms with E-state index >= 15 is 0 Å². The number of hydrogen-bond donors (Lipinski definition) is 0. The molecule has 4 heteroatoms. The van der Waals surface area contributed by atoms with E-state index in [2.05, 4.69) is 30.9 Å². The minimum absolute atomic E-state index is 0.255. The Hall–Kier alpha value is -2.59. The highest BCUT2D eigenvalue weighted by molar-refractivity contribution is 5.68. The van der Waals surface area contributed by atoms with Crippen LogP contribution in [-0.4, -0.2) is 36.3 Å². The van der Waals surface area contributed by atoms with Gasteiger partial charge >= 0.3 is 6.09 Å². The van der Waals surface area contributed by atoms with E-state index in [1.54, 1.807) is 11.0 Å². The molecule has 0 atom stereocenters. The van der Waals surface area contributed by atoms with Crippen molar-refractivity contribution in [2.24, 2.45) is 0 Å². The molecule has 2 rings (SSSR count). The van der Waals surface area contributed by atoms with Crippen molar-refractivity contribution < 1.29 is 14.3 Å². The lowest BCUT2D eigenvalue weighted by Gasteiger charge is -2.25. The third-order valence-corrected chi connectivity index (χ3v) is 4.38. The molecule has 1 amide bonds. The van der Waals surface area contributed by atoms with Crippen molar-refractivity contribution in [3.63, 3.8) is 0 Å². The van der Waals surface area contributed by atoms with Crippen molar-refractivity contribution in [1.29, 1.82) is 0 Å². The number of carbonyl (C=O) groups is 1. The zero-order chi connectivity index (χ0) is 21.1. The average Bonchev–Trinajstić information content (AvgIpc) is 2.93. The van der Waals surface area contributed by atoms with Crippen LogP contribution in [0.3, 0.4) is 0 Å². The summed E-state index contributed by atoms with van der Waals surface area (Å²) in [6, 6.07) is 10.1. The third kappa shape index (κ3) is 8.53. The molecule has 0 saturated heterocycles. The first-order valence-corrected chi connectivity index (χ1v) is 10.2. The second kappa shape index (κ2) is 11.4. The van der Waals surface area contributed by atoms with Gasteiger partial charge in [0.15, 0.2) is 0 Å². The quantitative estimate of drug-likeness (QED) is 0.431. The summed E-state index contributed by atoms with van der Waals surface area (Å²) in [7, 11) is 0. The summed E-state index contributed by atoms with van der Waals surface area (Å²) < 4.78 is 11.2. The monoisotopic (exact) mass is 395 g/mol. The first-order valence-electron chi connectivity index (χ1n) is 10.2. The third-order valence-electron chi connectivity index (χ3n) is 4.38. The molecule has 156 valence electrons. The molecule has 1 aliphatic heterocycles. The maximum atomic E-state index is 12.3. The fraction of sp³-hybridized carbons (Fsp3) is 0.400. The van der Waals surface area contributed by atoms with Gasteiger partial charge < -0.3 is 14.4 Å². The summed E-state index contributed by atoms with van der Waals surface area (Å²) in [4.78, 5) is 14.1. The van der Waals surface area contributed by atoms with E-state index in [1.807, 2.05) is 51.1 Å². The Morgan fingerprint density at radius 3 is 2.69 bits per heavy atom. The zero-order valence-corrected chi connectivity index (χ0v) is 17.9. The van der Waals surface area contributed by atoms with Crippen molar-refractivity contribution in [2.45, 2.75) is 45.8 Å².